The van der Waals surface area contributed by atoms with E-state index in [0.717, 1.165) is 12.8 Å². The Morgan fingerprint density at radius 2 is 2.20 bits per heavy atom. The van der Waals surface area contributed by atoms with E-state index in [9.17, 15) is 13.2 Å². The molecule has 1 aliphatic rings. The summed E-state index contributed by atoms with van der Waals surface area (Å²) >= 11 is 0. The number of ether oxygens (including phenoxy) is 2. The first-order valence-corrected chi connectivity index (χ1v) is 9.95. The summed E-state index contributed by atoms with van der Waals surface area (Å²) in [6, 6.07) is 6.12. The third-order valence-corrected chi connectivity index (χ3v) is 5.52. The van der Waals surface area contributed by atoms with Crippen LogP contribution in [0.15, 0.2) is 29.2 Å². The number of sulfonamides is 1. The Labute approximate surface area is 149 Å². The summed E-state index contributed by atoms with van der Waals surface area (Å²) < 4.78 is 37.5. The largest absolute Gasteiger partial charge is 0.383 e. The van der Waals surface area contributed by atoms with E-state index in [1.807, 2.05) is 6.92 Å². The molecule has 1 unspecified atom stereocenters. The molecule has 1 fully saturated rings. The van der Waals surface area contributed by atoms with Crippen LogP contribution in [0.4, 0.5) is 0 Å². The number of piperidine rings is 1. The van der Waals surface area contributed by atoms with Crippen molar-refractivity contribution in [1.82, 2.24) is 9.62 Å². The van der Waals surface area contributed by atoms with Gasteiger partial charge in [-0.3, -0.25) is 4.79 Å². The number of methoxy groups -OCH3 is 1. The topological polar surface area (TPSA) is 84.9 Å². The van der Waals surface area contributed by atoms with Crippen LogP contribution in [-0.4, -0.2) is 65.3 Å². The number of carbonyl (C=O) groups excluding carboxylic acids is 1. The molecule has 1 atom stereocenters. The van der Waals surface area contributed by atoms with E-state index in [0.29, 0.717) is 25.3 Å². The molecule has 7 nitrogen and oxygen atoms in total. The molecular formula is C17H26N2O5S. The van der Waals surface area contributed by atoms with Gasteiger partial charge < -0.3 is 14.4 Å². The highest BCUT2D eigenvalue weighted by atomic mass is 32.2. The lowest BCUT2D eigenvalue weighted by Crippen LogP contribution is -2.43. The molecule has 1 heterocycles. The maximum atomic E-state index is 12.7. The second-order valence-electron chi connectivity index (χ2n) is 5.89. The Kier molecular flexibility index (Phi) is 7.37. The standard InChI is InChI=1S/C17H26N2O5S/c1-3-24-15-7-5-10-19(13-15)17(20)14-6-4-8-16(12-14)25(21,22)18-9-11-23-2/h4,6,8,12,15,18H,3,5,7,9-11,13H2,1-2H3. The Bertz CT molecular complexity index is 675. The molecule has 140 valence electrons. The number of likely N-dealkylation sites (tertiary alicyclic amines) is 1. The fraction of sp³-hybridized carbons (Fsp3) is 0.588. The minimum absolute atomic E-state index is 0.0466. The average molecular weight is 370 g/mol. The Hall–Kier alpha value is -1.48. The predicted molar refractivity (Wildman–Crippen MR) is 94.1 cm³/mol. The number of benzene rings is 1. The van der Waals surface area contributed by atoms with Crippen molar-refractivity contribution < 1.29 is 22.7 Å². The van der Waals surface area contributed by atoms with Gasteiger partial charge in [-0.1, -0.05) is 6.07 Å². The summed E-state index contributed by atoms with van der Waals surface area (Å²) in [4.78, 5) is 14.5. The summed E-state index contributed by atoms with van der Waals surface area (Å²) in [5, 5.41) is 0. The molecule has 0 radical (unpaired) electrons. The van der Waals surface area contributed by atoms with Crippen molar-refractivity contribution in [3.63, 3.8) is 0 Å². The van der Waals surface area contributed by atoms with Gasteiger partial charge in [0.25, 0.3) is 5.91 Å². The van der Waals surface area contributed by atoms with Gasteiger partial charge in [-0.25, -0.2) is 13.1 Å². The van der Waals surface area contributed by atoms with Crippen molar-refractivity contribution in [2.75, 3.05) is 40.0 Å². The third-order valence-electron chi connectivity index (χ3n) is 4.06. The van der Waals surface area contributed by atoms with Crippen molar-refractivity contribution in [3.8, 4) is 0 Å². The zero-order valence-electron chi connectivity index (χ0n) is 14.7. The van der Waals surface area contributed by atoms with Crippen molar-refractivity contribution >= 4 is 15.9 Å². The number of hydrogen-bond acceptors (Lipinski definition) is 5. The molecule has 2 rings (SSSR count). The highest BCUT2D eigenvalue weighted by Crippen LogP contribution is 2.18. The number of hydrogen-bond donors (Lipinski definition) is 1. The van der Waals surface area contributed by atoms with Crippen molar-refractivity contribution in [3.05, 3.63) is 29.8 Å². The van der Waals surface area contributed by atoms with E-state index in [-0.39, 0.29) is 30.1 Å². The molecule has 0 spiro atoms. The summed E-state index contributed by atoms with van der Waals surface area (Å²) in [5.74, 6) is -0.168. The Balaban J connectivity index is 2.11. The molecular weight excluding hydrogens is 344 g/mol. The van der Waals surface area contributed by atoms with E-state index in [4.69, 9.17) is 9.47 Å². The van der Waals surface area contributed by atoms with E-state index in [2.05, 4.69) is 4.72 Å². The van der Waals surface area contributed by atoms with Crippen LogP contribution in [0.3, 0.4) is 0 Å². The number of nitrogens with zero attached hydrogens (tertiary/aromatic N) is 1. The van der Waals surface area contributed by atoms with Gasteiger partial charge in [0, 0.05) is 38.9 Å². The van der Waals surface area contributed by atoms with Crippen molar-refractivity contribution in [2.45, 2.75) is 30.8 Å². The third kappa shape index (κ3) is 5.50. The molecule has 1 amide bonds. The van der Waals surface area contributed by atoms with Crippen LogP contribution in [0.25, 0.3) is 0 Å². The zero-order chi connectivity index (χ0) is 18.3. The lowest BCUT2D eigenvalue weighted by atomic mass is 10.1. The van der Waals surface area contributed by atoms with Gasteiger partial charge in [0.15, 0.2) is 0 Å². The molecule has 25 heavy (non-hydrogen) atoms. The first-order chi connectivity index (χ1) is 12.0. The molecule has 1 N–H and O–H groups in total. The van der Waals surface area contributed by atoms with Crippen molar-refractivity contribution in [2.24, 2.45) is 0 Å². The van der Waals surface area contributed by atoms with Gasteiger partial charge >= 0.3 is 0 Å². The Morgan fingerprint density at radius 3 is 2.92 bits per heavy atom. The van der Waals surface area contributed by atoms with E-state index < -0.39 is 10.0 Å². The molecule has 0 saturated carbocycles. The van der Waals surface area contributed by atoms with Gasteiger partial charge in [-0.15, -0.1) is 0 Å². The summed E-state index contributed by atoms with van der Waals surface area (Å²) in [6.07, 6.45) is 1.87. The van der Waals surface area contributed by atoms with Crippen LogP contribution >= 0.6 is 0 Å². The first kappa shape index (κ1) is 19.8. The minimum Gasteiger partial charge on any atom is -0.383 e. The maximum absolute atomic E-state index is 12.7. The van der Waals surface area contributed by atoms with E-state index in [1.165, 1.54) is 19.2 Å². The number of nitrogens with one attached hydrogen (secondary N) is 1. The minimum atomic E-state index is -3.66. The Morgan fingerprint density at radius 1 is 1.40 bits per heavy atom. The normalized spacial score (nSPS) is 18.3. The van der Waals surface area contributed by atoms with Gasteiger partial charge in [0.1, 0.15) is 0 Å². The molecule has 8 heteroatoms. The molecule has 0 bridgehead atoms. The highest BCUT2D eigenvalue weighted by molar-refractivity contribution is 7.89. The van der Waals surface area contributed by atoms with Crippen LogP contribution in [0.2, 0.25) is 0 Å². The smallest absolute Gasteiger partial charge is 0.253 e. The lowest BCUT2D eigenvalue weighted by Gasteiger charge is -2.32. The SMILES string of the molecule is CCOC1CCCN(C(=O)c2cccc(S(=O)(=O)NCCOC)c2)C1. The second kappa shape index (κ2) is 9.28. The average Bonchev–Trinajstić information content (AvgIpc) is 2.62. The summed E-state index contributed by atoms with van der Waals surface area (Å²) in [6.45, 7) is 4.21. The lowest BCUT2D eigenvalue weighted by molar-refractivity contribution is 0.00723. The summed E-state index contributed by atoms with van der Waals surface area (Å²) in [5.41, 5.74) is 0.367. The zero-order valence-corrected chi connectivity index (χ0v) is 15.5. The van der Waals surface area contributed by atoms with Crippen LogP contribution in [0.1, 0.15) is 30.1 Å². The fourth-order valence-electron chi connectivity index (χ4n) is 2.83. The monoisotopic (exact) mass is 370 g/mol. The number of rotatable bonds is 8. The molecule has 1 aromatic carbocycles. The van der Waals surface area contributed by atoms with Gasteiger partial charge in [-0.2, -0.15) is 0 Å². The van der Waals surface area contributed by atoms with Crippen LogP contribution in [0.5, 0.6) is 0 Å². The summed E-state index contributed by atoms with van der Waals surface area (Å²) in [7, 11) is -2.16. The highest BCUT2D eigenvalue weighted by Gasteiger charge is 2.25. The molecule has 1 aromatic rings. The van der Waals surface area contributed by atoms with Crippen LogP contribution in [-0.2, 0) is 19.5 Å². The molecule has 1 saturated heterocycles. The maximum Gasteiger partial charge on any atom is 0.253 e. The predicted octanol–water partition coefficient (Wildman–Crippen LogP) is 1.25. The fourth-order valence-corrected chi connectivity index (χ4v) is 3.89. The number of carbonyl (C=O) groups is 1. The van der Waals surface area contributed by atoms with E-state index >= 15 is 0 Å². The van der Waals surface area contributed by atoms with Crippen LogP contribution in [0, 0.1) is 0 Å². The second-order valence-corrected chi connectivity index (χ2v) is 7.66. The van der Waals surface area contributed by atoms with Gasteiger partial charge in [-0.05, 0) is 38.0 Å². The van der Waals surface area contributed by atoms with Gasteiger partial charge in [0.2, 0.25) is 10.0 Å². The van der Waals surface area contributed by atoms with E-state index in [1.54, 1.807) is 17.0 Å². The first-order valence-electron chi connectivity index (χ1n) is 8.47. The van der Waals surface area contributed by atoms with Crippen LogP contribution < -0.4 is 4.72 Å². The molecule has 1 aliphatic heterocycles. The molecule has 0 aliphatic carbocycles. The quantitative estimate of drug-likeness (QED) is 0.696. The number of amides is 1. The van der Waals surface area contributed by atoms with Gasteiger partial charge in [0.05, 0.1) is 17.6 Å². The van der Waals surface area contributed by atoms with Crippen molar-refractivity contribution in [1.29, 1.82) is 0 Å². The molecule has 0 aromatic heterocycles.